The summed E-state index contributed by atoms with van der Waals surface area (Å²) in [7, 11) is 1.86. The van der Waals surface area contributed by atoms with Crippen molar-refractivity contribution in [2.24, 2.45) is 7.05 Å². The number of halogens is 2. The number of nitrogens with zero attached hydrogens (tertiary/aromatic N) is 2. The van der Waals surface area contributed by atoms with E-state index in [0.29, 0.717) is 5.82 Å². The zero-order valence-electron chi connectivity index (χ0n) is 10.6. The van der Waals surface area contributed by atoms with E-state index in [1.165, 1.54) is 0 Å². The van der Waals surface area contributed by atoms with Crippen LogP contribution in [0.15, 0.2) is 44.7 Å². The van der Waals surface area contributed by atoms with Gasteiger partial charge in [-0.2, -0.15) is 5.10 Å². The molecule has 0 saturated heterocycles. The molecule has 0 aliphatic carbocycles. The molecular weight excluding hydrogens is 402 g/mol. The largest absolute Gasteiger partial charge is 0.383 e. The average molecular weight is 413 g/mol. The Kier molecular flexibility index (Phi) is 3.70. The van der Waals surface area contributed by atoms with Crippen molar-refractivity contribution in [3.05, 3.63) is 44.7 Å². The first-order valence-corrected chi connectivity index (χ1v) is 8.30. The van der Waals surface area contributed by atoms with E-state index in [0.717, 1.165) is 30.0 Å². The number of nitrogens with two attached hydrogens (primary N) is 1. The fraction of sp³-hybridized carbons (Fsp3) is 0.0714. The molecule has 2 aromatic heterocycles. The van der Waals surface area contributed by atoms with Crippen LogP contribution in [0.5, 0.6) is 0 Å². The van der Waals surface area contributed by atoms with Gasteiger partial charge in [0.15, 0.2) is 0 Å². The molecule has 20 heavy (non-hydrogen) atoms. The second kappa shape index (κ2) is 5.35. The van der Waals surface area contributed by atoms with Gasteiger partial charge in [-0.25, -0.2) is 0 Å². The number of aryl methyl sites for hydroxylation is 1. The Hall–Kier alpha value is -1.11. The summed E-state index contributed by atoms with van der Waals surface area (Å²) in [5.41, 5.74) is 9.17. The van der Waals surface area contributed by atoms with E-state index in [1.807, 2.05) is 37.4 Å². The summed E-state index contributed by atoms with van der Waals surface area (Å²) in [5.74, 6) is 0.673. The first-order valence-electron chi connectivity index (χ1n) is 5.90. The minimum absolute atomic E-state index is 0.673. The average Bonchev–Trinajstić information content (AvgIpc) is 2.97. The van der Waals surface area contributed by atoms with Gasteiger partial charge in [-0.3, -0.25) is 4.68 Å². The molecule has 1 aromatic carbocycles. The molecular formula is C14H11Br2N3S. The van der Waals surface area contributed by atoms with Crippen LogP contribution >= 0.6 is 43.2 Å². The lowest BCUT2D eigenvalue weighted by atomic mass is 10.0. The Labute approximate surface area is 137 Å². The van der Waals surface area contributed by atoms with E-state index >= 15 is 0 Å². The van der Waals surface area contributed by atoms with Crippen LogP contribution in [0.25, 0.3) is 21.7 Å². The highest BCUT2D eigenvalue weighted by Crippen LogP contribution is 2.40. The van der Waals surface area contributed by atoms with Crippen molar-refractivity contribution in [1.29, 1.82) is 0 Å². The smallest absolute Gasteiger partial charge is 0.129 e. The number of hydrogen-bond donors (Lipinski definition) is 1. The standard InChI is InChI=1S/C14H11Br2N3S/c1-19-14(17)12(8-2-4-9(15)5-3-8)13(18-19)10-6-7-11(16)20-10/h2-7H,17H2,1H3. The first-order chi connectivity index (χ1) is 9.56. The van der Waals surface area contributed by atoms with Crippen molar-refractivity contribution in [3.8, 4) is 21.7 Å². The van der Waals surface area contributed by atoms with Crippen LogP contribution in [0.3, 0.4) is 0 Å². The predicted octanol–water partition coefficient (Wildman–Crippen LogP) is 4.92. The van der Waals surface area contributed by atoms with Crippen LogP contribution in [-0.2, 0) is 7.05 Å². The fourth-order valence-corrected chi connectivity index (χ4v) is 3.69. The molecule has 0 saturated carbocycles. The Morgan fingerprint density at radius 3 is 2.40 bits per heavy atom. The van der Waals surface area contributed by atoms with Gasteiger partial charge in [0.05, 0.1) is 14.2 Å². The predicted molar refractivity (Wildman–Crippen MR) is 91.8 cm³/mol. The SMILES string of the molecule is Cn1nc(-c2ccc(Br)s2)c(-c2ccc(Br)cc2)c1N. The Balaban J connectivity index is 2.21. The lowest BCUT2D eigenvalue weighted by Gasteiger charge is -2.03. The molecule has 0 fully saturated rings. The molecule has 0 aliphatic rings. The number of anilines is 1. The van der Waals surface area contributed by atoms with Crippen molar-refractivity contribution in [1.82, 2.24) is 9.78 Å². The van der Waals surface area contributed by atoms with Crippen LogP contribution < -0.4 is 5.73 Å². The molecule has 6 heteroatoms. The third-order valence-corrected chi connectivity index (χ3v) is 5.19. The lowest BCUT2D eigenvalue weighted by Crippen LogP contribution is -1.97. The van der Waals surface area contributed by atoms with Gasteiger partial charge in [0, 0.05) is 11.5 Å². The third-order valence-electron chi connectivity index (χ3n) is 3.03. The molecule has 3 aromatic rings. The normalized spacial score (nSPS) is 10.9. The van der Waals surface area contributed by atoms with E-state index in [2.05, 4.69) is 43.0 Å². The fourth-order valence-electron chi connectivity index (χ4n) is 2.05. The highest BCUT2D eigenvalue weighted by molar-refractivity contribution is 9.11. The third kappa shape index (κ3) is 2.43. The quantitative estimate of drug-likeness (QED) is 0.648. The summed E-state index contributed by atoms with van der Waals surface area (Å²) in [5, 5.41) is 4.56. The van der Waals surface area contributed by atoms with Crippen LogP contribution in [0, 0.1) is 0 Å². The summed E-state index contributed by atoms with van der Waals surface area (Å²) in [6, 6.07) is 12.2. The number of rotatable bonds is 2. The first kappa shape index (κ1) is 13.9. The van der Waals surface area contributed by atoms with E-state index in [-0.39, 0.29) is 0 Å². The molecule has 0 aliphatic heterocycles. The lowest BCUT2D eigenvalue weighted by molar-refractivity contribution is 0.783. The number of thiophene rings is 1. The number of aromatic nitrogens is 2. The zero-order chi connectivity index (χ0) is 14.3. The highest BCUT2D eigenvalue weighted by Gasteiger charge is 2.18. The maximum atomic E-state index is 6.20. The van der Waals surface area contributed by atoms with Crippen molar-refractivity contribution >= 4 is 49.0 Å². The number of nitrogen functional groups attached to an aromatic ring is 1. The second-order valence-electron chi connectivity index (χ2n) is 4.34. The van der Waals surface area contributed by atoms with Crippen LogP contribution in [-0.4, -0.2) is 9.78 Å². The maximum Gasteiger partial charge on any atom is 0.129 e. The van der Waals surface area contributed by atoms with E-state index in [1.54, 1.807) is 16.0 Å². The van der Waals surface area contributed by atoms with E-state index in [9.17, 15) is 0 Å². The molecule has 102 valence electrons. The molecule has 2 heterocycles. The van der Waals surface area contributed by atoms with Crippen LogP contribution in [0.4, 0.5) is 5.82 Å². The molecule has 0 bridgehead atoms. The van der Waals surface area contributed by atoms with Gasteiger partial charge in [0.2, 0.25) is 0 Å². The zero-order valence-corrected chi connectivity index (χ0v) is 14.6. The summed E-state index contributed by atoms with van der Waals surface area (Å²) in [4.78, 5) is 1.10. The molecule has 3 nitrogen and oxygen atoms in total. The molecule has 0 unspecified atom stereocenters. The van der Waals surface area contributed by atoms with Gasteiger partial charge in [-0.05, 0) is 45.8 Å². The summed E-state index contributed by atoms with van der Waals surface area (Å²) < 4.78 is 3.85. The Bertz CT molecular complexity index is 759. The molecule has 2 N–H and O–H groups in total. The molecule has 0 radical (unpaired) electrons. The summed E-state index contributed by atoms with van der Waals surface area (Å²) in [6.45, 7) is 0. The van der Waals surface area contributed by atoms with E-state index in [4.69, 9.17) is 5.73 Å². The van der Waals surface area contributed by atoms with Crippen molar-refractivity contribution in [2.75, 3.05) is 5.73 Å². The maximum absolute atomic E-state index is 6.20. The van der Waals surface area contributed by atoms with Gasteiger partial charge in [-0.1, -0.05) is 28.1 Å². The van der Waals surface area contributed by atoms with E-state index < -0.39 is 0 Å². The topological polar surface area (TPSA) is 43.8 Å². The van der Waals surface area contributed by atoms with Crippen LogP contribution in [0.2, 0.25) is 0 Å². The van der Waals surface area contributed by atoms with Crippen molar-refractivity contribution in [2.45, 2.75) is 0 Å². The summed E-state index contributed by atoms with van der Waals surface area (Å²) in [6.07, 6.45) is 0. The summed E-state index contributed by atoms with van der Waals surface area (Å²) >= 11 is 8.59. The monoisotopic (exact) mass is 411 g/mol. The molecule has 0 spiro atoms. The minimum atomic E-state index is 0.673. The number of benzene rings is 1. The van der Waals surface area contributed by atoms with Gasteiger partial charge in [0.25, 0.3) is 0 Å². The van der Waals surface area contributed by atoms with Gasteiger partial charge < -0.3 is 5.73 Å². The van der Waals surface area contributed by atoms with Gasteiger partial charge >= 0.3 is 0 Å². The Morgan fingerprint density at radius 2 is 1.80 bits per heavy atom. The Morgan fingerprint density at radius 1 is 1.10 bits per heavy atom. The highest BCUT2D eigenvalue weighted by atomic mass is 79.9. The van der Waals surface area contributed by atoms with Crippen molar-refractivity contribution in [3.63, 3.8) is 0 Å². The number of hydrogen-bond acceptors (Lipinski definition) is 3. The van der Waals surface area contributed by atoms with Crippen LogP contribution in [0.1, 0.15) is 0 Å². The van der Waals surface area contributed by atoms with Gasteiger partial charge in [0.1, 0.15) is 11.5 Å². The molecule has 0 amide bonds. The van der Waals surface area contributed by atoms with Crippen molar-refractivity contribution < 1.29 is 0 Å². The second-order valence-corrected chi connectivity index (χ2v) is 7.72. The van der Waals surface area contributed by atoms with Gasteiger partial charge in [-0.15, -0.1) is 11.3 Å². The molecule has 0 atom stereocenters. The minimum Gasteiger partial charge on any atom is -0.383 e. The molecule has 3 rings (SSSR count).